The highest BCUT2D eigenvalue weighted by Crippen LogP contribution is 2.23. The van der Waals surface area contributed by atoms with Gasteiger partial charge in [-0.2, -0.15) is 5.26 Å². The number of nitrogens with two attached hydrogens (primary N) is 1. The van der Waals surface area contributed by atoms with Crippen LogP contribution in [0.3, 0.4) is 0 Å². The number of hydrogen-bond donors (Lipinski definition) is 2. The average molecular weight is 267 g/mol. The molecule has 0 aliphatic rings. The molecule has 4 nitrogen and oxygen atoms in total. The molecule has 2 rings (SSSR count). The zero-order chi connectivity index (χ0) is 14.5. The average Bonchev–Trinajstić information content (AvgIpc) is 2.49. The van der Waals surface area contributed by atoms with E-state index < -0.39 is 0 Å². The van der Waals surface area contributed by atoms with Crippen molar-refractivity contribution in [3.8, 4) is 11.8 Å². The Labute approximate surface area is 118 Å². The van der Waals surface area contributed by atoms with Gasteiger partial charge in [0.15, 0.2) is 0 Å². The summed E-state index contributed by atoms with van der Waals surface area (Å²) in [6.45, 7) is 2.06. The van der Waals surface area contributed by atoms with Crippen molar-refractivity contribution in [2.24, 2.45) is 0 Å². The molecule has 0 bridgehead atoms. The van der Waals surface area contributed by atoms with E-state index in [0.717, 1.165) is 17.0 Å². The van der Waals surface area contributed by atoms with Crippen LogP contribution in [0.4, 0.5) is 11.4 Å². The fraction of sp³-hybridized carbons (Fsp3) is 0.188. The molecule has 0 heterocycles. The lowest BCUT2D eigenvalue weighted by Crippen LogP contribution is -2.07. The van der Waals surface area contributed by atoms with Crippen LogP contribution in [0.1, 0.15) is 24.1 Å². The fourth-order valence-corrected chi connectivity index (χ4v) is 1.97. The molecule has 2 aromatic rings. The lowest BCUT2D eigenvalue weighted by Gasteiger charge is -2.16. The Balaban J connectivity index is 2.14. The third-order valence-electron chi connectivity index (χ3n) is 3.17. The second-order valence-electron chi connectivity index (χ2n) is 4.55. The number of ether oxygens (including phenoxy) is 1. The largest absolute Gasteiger partial charge is 0.497 e. The summed E-state index contributed by atoms with van der Waals surface area (Å²) >= 11 is 0. The molecule has 2 aromatic carbocycles. The Bertz CT molecular complexity index is 629. The monoisotopic (exact) mass is 267 g/mol. The highest BCUT2D eigenvalue weighted by Gasteiger charge is 2.07. The second-order valence-corrected chi connectivity index (χ2v) is 4.55. The lowest BCUT2D eigenvalue weighted by atomic mass is 10.1. The molecule has 0 spiro atoms. The van der Waals surface area contributed by atoms with E-state index in [1.807, 2.05) is 30.3 Å². The van der Waals surface area contributed by atoms with Gasteiger partial charge in [-0.3, -0.25) is 0 Å². The molecule has 1 unspecified atom stereocenters. The number of hydrogen-bond acceptors (Lipinski definition) is 4. The van der Waals surface area contributed by atoms with Crippen LogP contribution in [-0.4, -0.2) is 7.11 Å². The predicted molar refractivity (Wildman–Crippen MR) is 80.6 cm³/mol. The maximum absolute atomic E-state index is 8.98. The Morgan fingerprint density at radius 3 is 2.50 bits per heavy atom. The third-order valence-corrected chi connectivity index (χ3v) is 3.17. The second kappa shape index (κ2) is 5.98. The van der Waals surface area contributed by atoms with Gasteiger partial charge in [0.2, 0.25) is 0 Å². The molecule has 1 atom stereocenters. The summed E-state index contributed by atoms with van der Waals surface area (Å²) in [6, 6.07) is 15.5. The Morgan fingerprint density at radius 1 is 1.20 bits per heavy atom. The summed E-state index contributed by atoms with van der Waals surface area (Å²) in [5.41, 5.74) is 8.70. The molecule has 3 N–H and O–H groups in total. The van der Waals surface area contributed by atoms with E-state index in [-0.39, 0.29) is 6.04 Å². The molecule has 0 aliphatic carbocycles. The molecule has 4 heteroatoms. The van der Waals surface area contributed by atoms with E-state index >= 15 is 0 Å². The molecule has 0 aliphatic heterocycles. The van der Waals surface area contributed by atoms with E-state index in [9.17, 15) is 0 Å². The van der Waals surface area contributed by atoms with Gasteiger partial charge in [0, 0.05) is 17.4 Å². The predicted octanol–water partition coefficient (Wildman–Crippen LogP) is 3.32. The zero-order valence-electron chi connectivity index (χ0n) is 11.6. The normalized spacial score (nSPS) is 11.4. The molecule has 0 fully saturated rings. The Morgan fingerprint density at radius 2 is 1.90 bits per heavy atom. The highest BCUT2D eigenvalue weighted by molar-refractivity contribution is 5.62. The molecule has 20 heavy (non-hydrogen) atoms. The molecule has 0 radical (unpaired) electrons. The van der Waals surface area contributed by atoms with Crippen LogP contribution in [0.25, 0.3) is 0 Å². The number of nitrogens with one attached hydrogen (secondary N) is 1. The molecular weight excluding hydrogens is 250 g/mol. The van der Waals surface area contributed by atoms with Gasteiger partial charge in [-0.15, -0.1) is 0 Å². The van der Waals surface area contributed by atoms with Crippen LogP contribution < -0.4 is 15.8 Å². The maximum Gasteiger partial charge on any atom is 0.118 e. The van der Waals surface area contributed by atoms with Gasteiger partial charge in [0.1, 0.15) is 11.8 Å². The van der Waals surface area contributed by atoms with E-state index in [4.69, 9.17) is 15.7 Å². The summed E-state index contributed by atoms with van der Waals surface area (Å²) in [5, 5.41) is 12.3. The minimum atomic E-state index is 0.121. The van der Waals surface area contributed by atoms with Crippen LogP contribution in [-0.2, 0) is 0 Å². The maximum atomic E-state index is 8.98. The molecule has 0 aromatic heterocycles. The first kappa shape index (κ1) is 13.8. The molecule has 0 saturated carbocycles. The first-order valence-corrected chi connectivity index (χ1v) is 6.34. The van der Waals surface area contributed by atoms with Gasteiger partial charge in [-0.25, -0.2) is 0 Å². The van der Waals surface area contributed by atoms with Gasteiger partial charge in [0.05, 0.1) is 12.7 Å². The van der Waals surface area contributed by atoms with Crippen molar-refractivity contribution >= 4 is 11.4 Å². The Hall–Kier alpha value is -2.67. The van der Waals surface area contributed by atoms with Crippen molar-refractivity contribution in [1.29, 1.82) is 5.26 Å². The smallest absolute Gasteiger partial charge is 0.118 e. The van der Waals surface area contributed by atoms with Crippen molar-refractivity contribution in [2.75, 3.05) is 18.2 Å². The summed E-state index contributed by atoms with van der Waals surface area (Å²) in [6.07, 6.45) is 0. The minimum absolute atomic E-state index is 0.121. The first-order chi connectivity index (χ1) is 9.63. The minimum Gasteiger partial charge on any atom is -0.497 e. The SMILES string of the molecule is COc1ccc(C(C)Nc2ccc(N)c(C#N)c2)cc1. The Kier molecular flexibility index (Phi) is 4.11. The molecular formula is C16H17N3O. The number of nitrogen functional groups attached to an aromatic ring is 1. The van der Waals surface area contributed by atoms with Crippen molar-refractivity contribution < 1.29 is 4.74 Å². The van der Waals surface area contributed by atoms with Crippen molar-refractivity contribution in [2.45, 2.75) is 13.0 Å². The summed E-state index contributed by atoms with van der Waals surface area (Å²) in [7, 11) is 1.65. The van der Waals surface area contributed by atoms with Crippen LogP contribution >= 0.6 is 0 Å². The van der Waals surface area contributed by atoms with E-state index in [1.165, 1.54) is 0 Å². The van der Waals surface area contributed by atoms with Gasteiger partial charge >= 0.3 is 0 Å². The highest BCUT2D eigenvalue weighted by atomic mass is 16.5. The van der Waals surface area contributed by atoms with E-state index in [0.29, 0.717) is 11.3 Å². The van der Waals surface area contributed by atoms with Crippen molar-refractivity contribution in [3.63, 3.8) is 0 Å². The van der Waals surface area contributed by atoms with Crippen molar-refractivity contribution in [3.05, 3.63) is 53.6 Å². The number of benzene rings is 2. The van der Waals surface area contributed by atoms with Gasteiger partial charge in [0.25, 0.3) is 0 Å². The van der Waals surface area contributed by atoms with Crippen LogP contribution in [0, 0.1) is 11.3 Å². The van der Waals surface area contributed by atoms with Gasteiger partial charge < -0.3 is 15.8 Å². The van der Waals surface area contributed by atoms with E-state index in [1.54, 1.807) is 19.2 Å². The quantitative estimate of drug-likeness (QED) is 0.834. The van der Waals surface area contributed by atoms with E-state index in [2.05, 4.69) is 18.3 Å². The number of rotatable bonds is 4. The number of anilines is 2. The third kappa shape index (κ3) is 3.01. The number of nitrogens with zero attached hydrogens (tertiary/aromatic N) is 1. The zero-order valence-corrected chi connectivity index (χ0v) is 11.6. The fourth-order valence-electron chi connectivity index (χ4n) is 1.97. The topological polar surface area (TPSA) is 71.1 Å². The number of methoxy groups -OCH3 is 1. The van der Waals surface area contributed by atoms with Crippen molar-refractivity contribution in [1.82, 2.24) is 0 Å². The first-order valence-electron chi connectivity index (χ1n) is 6.34. The van der Waals surface area contributed by atoms with Crippen LogP contribution in [0.5, 0.6) is 5.75 Å². The molecule has 0 amide bonds. The summed E-state index contributed by atoms with van der Waals surface area (Å²) < 4.78 is 5.14. The summed E-state index contributed by atoms with van der Waals surface area (Å²) in [4.78, 5) is 0. The molecule has 102 valence electrons. The number of nitriles is 1. The van der Waals surface area contributed by atoms with Crippen LogP contribution in [0.15, 0.2) is 42.5 Å². The molecule has 0 saturated heterocycles. The standard InChI is InChI=1S/C16H17N3O/c1-11(12-3-6-15(20-2)7-4-12)19-14-5-8-16(18)13(9-14)10-17/h3-9,11,19H,18H2,1-2H3. The van der Waals surface area contributed by atoms with Gasteiger partial charge in [-0.1, -0.05) is 12.1 Å². The van der Waals surface area contributed by atoms with Crippen LogP contribution in [0.2, 0.25) is 0 Å². The van der Waals surface area contributed by atoms with Gasteiger partial charge in [-0.05, 0) is 42.8 Å². The summed E-state index contributed by atoms with van der Waals surface area (Å²) in [5.74, 6) is 0.834. The lowest BCUT2D eigenvalue weighted by molar-refractivity contribution is 0.414.